The van der Waals surface area contributed by atoms with Crippen molar-refractivity contribution in [2.24, 2.45) is 0 Å². The molecule has 4 rings (SSSR count). The van der Waals surface area contributed by atoms with Gasteiger partial charge in [0.1, 0.15) is 5.69 Å². The highest BCUT2D eigenvalue weighted by Crippen LogP contribution is 2.35. The second-order valence-corrected chi connectivity index (χ2v) is 9.25. The van der Waals surface area contributed by atoms with Crippen molar-refractivity contribution in [3.8, 4) is 0 Å². The van der Waals surface area contributed by atoms with Crippen LogP contribution in [0.2, 0.25) is 0 Å². The normalized spacial score (nSPS) is 11.9. The van der Waals surface area contributed by atoms with E-state index in [1.54, 1.807) is 25.3 Å². The van der Waals surface area contributed by atoms with Crippen LogP contribution in [0.1, 0.15) is 16.1 Å². The summed E-state index contributed by atoms with van der Waals surface area (Å²) < 4.78 is 28.6. The maximum atomic E-state index is 13.3. The first-order valence-corrected chi connectivity index (χ1v) is 11.0. The van der Waals surface area contributed by atoms with Crippen LogP contribution in [0.4, 0.5) is 5.69 Å². The summed E-state index contributed by atoms with van der Waals surface area (Å²) in [5.74, 6) is -0.310. The molecule has 0 atom stereocenters. The van der Waals surface area contributed by atoms with E-state index >= 15 is 0 Å². The van der Waals surface area contributed by atoms with Crippen LogP contribution < -0.4 is 4.90 Å². The van der Waals surface area contributed by atoms with Crippen molar-refractivity contribution in [3.63, 3.8) is 0 Å². The fourth-order valence-electron chi connectivity index (χ4n) is 3.65. The average Bonchev–Trinajstić information content (AvgIpc) is 3.13. The van der Waals surface area contributed by atoms with E-state index < -0.39 is 10.2 Å². The number of amides is 1. The lowest BCUT2D eigenvalue weighted by molar-refractivity contribution is 0.0988. The van der Waals surface area contributed by atoms with Crippen LogP contribution in [0.5, 0.6) is 0 Å². The third-order valence-electron chi connectivity index (χ3n) is 5.25. The first kappa shape index (κ1) is 20.8. The number of rotatable bonds is 5. The Bertz CT molecular complexity index is 1420. The fraction of sp³-hybridized carbons (Fsp3) is 0.130. The molecule has 0 aliphatic carbocycles. The van der Waals surface area contributed by atoms with Crippen LogP contribution in [0.3, 0.4) is 0 Å². The molecule has 0 N–H and O–H groups in total. The number of carbonyl (C=O) groups is 1. The summed E-state index contributed by atoms with van der Waals surface area (Å²) in [7, 11) is 0.806. The molecule has 0 radical (unpaired) electrons. The summed E-state index contributed by atoms with van der Waals surface area (Å²) in [4.78, 5) is 19.2. The summed E-state index contributed by atoms with van der Waals surface area (Å²) in [5.41, 5.74) is 2.33. The lowest BCUT2D eigenvalue weighted by atomic mass is 10.0. The van der Waals surface area contributed by atoms with Gasteiger partial charge in [0.15, 0.2) is 0 Å². The highest BCUT2D eigenvalue weighted by molar-refractivity contribution is 7.87. The van der Waals surface area contributed by atoms with Crippen LogP contribution in [-0.4, -0.2) is 48.7 Å². The summed E-state index contributed by atoms with van der Waals surface area (Å²) in [6.07, 6.45) is 3.00. The minimum Gasteiger partial charge on any atom is -0.310 e. The first-order valence-electron chi connectivity index (χ1n) is 9.59. The van der Waals surface area contributed by atoms with Gasteiger partial charge in [-0.2, -0.15) is 12.7 Å². The second-order valence-electron chi connectivity index (χ2n) is 7.26. The molecule has 4 aromatic rings. The largest absolute Gasteiger partial charge is 0.310 e. The number of nitrogens with zero attached hydrogens (tertiary/aromatic N) is 4. The number of para-hydroxylation sites is 2. The van der Waals surface area contributed by atoms with Crippen molar-refractivity contribution < 1.29 is 13.2 Å². The number of anilines is 1. The van der Waals surface area contributed by atoms with Gasteiger partial charge in [0, 0.05) is 43.2 Å². The van der Waals surface area contributed by atoms with Gasteiger partial charge in [0.2, 0.25) is 0 Å². The van der Waals surface area contributed by atoms with Gasteiger partial charge in [-0.25, -0.2) is 8.96 Å². The molecule has 7 nitrogen and oxygen atoms in total. The van der Waals surface area contributed by atoms with Crippen molar-refractivity contribution in [1.29, 1.82) is 0 Å². The highest BCUT2D eigenvalue weighted by Gasteiger charge is 2.27. The van der Waals surface area contributed by atoms with Gasteiger partial charge < -0.3 is 4.90 Å². The van der Waals surface area contributed by atoms with E-state index in [9.17, 15) is 13.2 Å². The molecule has 2 heterocycles. The Labute approximate surface area is 181 Å². The maximum absolute atomic E-state index is 13.3. The van der Waals surface area contributed by atoms with Gasteiger partial charge in [0.25, 0.3) is 5.91 Å². The van der Waals surface area contributed by atoms with Crippen LogP contribution in [0, 0.1) is 0 Å². The molecule has 2 aromatic heterocycles. The Morgan fingerprint density at radius 1 is 1.00 bits per heavy atom. The summed E-state index contributed by atoms with van der Waals surface area (Å²) in [5, 5.41) is 1.33. The summed E-state index contributed by atoms with van der Waals surface area (Å²) in [6.45, 7) is 3.89. The third kappa shape index (κ3) is 3.20. The van der Waals surface area contributed by atoms with Gasteiger partial charge in [-0.15, -0.1) is 0 Å². The minimum atomic E-state index is -3.82. The van der Waals surface area contributed by atoms with Gasteiger partial charge >= 0.3 is 10.2 Å². The number of pyridine rings is 1. The van der Waals surface area contributed by atoms with Gasteiger partial charge in [-0.05, 0) is 18.2 Å². The van der Waals surface area contributed by atoms with Crippen LogP contribution in [-0.2, 0) is 10.2 Å². The SMILES string of the molecule is C=Cc1c(C(=O)N(C)c2ccccc2)ncc2c1c1ccccc1n2S(=O)(=O)N(C)C. The average molecular weight is 435 g/mol. The Balaban J connectivity index is 2.04. The van der Waals surface area contributed by atoms with E-state index in [2.05, 4.69) is 11.6 Å². The zero-order valence-corrected chi connectivity index (χ0v) is 18.3. The maximum Gasteiger partial charge on any atom is 0.308 e. The van der Waals surface area contributed by atoms with Crippen molar-refractivity contribution in [3.05, 3.63) is 78.6 Å². The summed E-state index contributed by atoms with van der Waals surface area (Å²) >= 11 is 0. The van der Waals surface area contributed by atoms with E-state index in [4.69, 9.17) is 0 Å². The predicted octanol–water partition coefficient (Wildman–Crippen LogP) is 3.76. The van der Waals surface area contributed by atoms with E-state index in [0.29, 0.717) is 27.4 Å². The Kier molecular flexibility index (Phi) is 5.12. The highest BCUT2D eigenvalue weighted by atomic mass is 32.2. The standard InChI is InChI=1S/C23H22N4O3S/c1-5-17-21-18-13-9-10-14-19(18)27(31(29,30)25(2)3)20(21)15-24-22(17)23(28)26(4)16-11-7-6-8-12-16/h5-15H,1H2,2-4H3. The number of aromatic nitrogens is 2. The molecule has 158 valence electrons. The van der Waals surface area contributed by atoms with Gasteiger partial charge in [0.05, 0.1) is 17.2 Å². The first-order chi connectivity index (χ1) is 14.8. The molecule has 0 bridgehead atoms. The number of fused-ring (bicyclic) bond motifs is 3. The molecule has 2 aromatic carbocycles. The number of hydrogen-bond acceptors (Lipinski definition) is 4. The monoisotopic (exact) mass is 434 g/mol. The van der Waals surface area contributed by atoms with Crippen molar-refractivity contribution >= 4 is 49.7 Å². The molecular weight excluding hydrogens is 412 g/mol. The smallest absolute Gasteiger partial charge is 0.308 e. The quantitative estimate of drug-likeness (QED) is 0.479. The Morgan fingerprint density at radius 2 is 1.65 bits per heavy atom. The lowest BCUT2D eigenvalue weighted by Crippen LogP contribution is -2.29. The lowest BCUT2D eigenvalue weighted by Gasteiger charge is -2.18. The van der Waals surface area contributed by atoms with Crippen LogP contribution in [0.15, 0.2) is 67.4 Å². The molecule has 0 aliphatic rings. The van der Waals surface area contributed by atoms with Gasteiger partial charge in [-0.1, -0.05) is 49.1 Å². The van der Waals surface area contributed by atoms with Crippen LogP contribution in [0.25, 0.3) is 27.9 Å². The fourth-order valence-corrected chi connectivity index (χ4v) is 4.78. The van der Waals surface area contributed by atoms with Crippen LogP contribution >= 0.6 is 0 Å². The third-order valence-corrected chi connectivity index (χ3v) is 7.03. The van der Waals surface area contributed by atoms with E-state index in [1.807, 2.05) is 42.5 Å². The molecule has 8 heteroatoms. The molecule has 1 amide bonds. The Hall–Kier alpha value is -3.49. The minimum absolute atomic E-state index is 0.207. The zero-order valence-electron chi connectivity index (χ0n) is 17.5. The molecule has 0 fully saturated rings. The number of hydrogen-bond donors (Lipinski definition) is 0. The molecule has 0 unspecified atom stereocenters. The molecule has 0 saturated heterocycles. The Morgan fingerprint density at radius 3 is 2.29 bits per heavy atom. The molecule has 0 aliphatic heterocycles. The van der Waals surface area contributed by atoms with Crippen molar-refractivity contribution in [1.82, 2.24) is 13.3 Å². The van der Waals surface area contributed by atoms with Crippen molar-refractivity contribution in [2.45, 2.75) is 0 Å². The van der Waals surface area contributed by atoms with E-state index in [1.165, 1.54) is 29.2 Å². The predicted molar refractivity (Wildman–Crippen MR) is 125 cm³/mol. The van der Waals surface area contributed by atoms with E-state index in [0.717, 1.165) is 9.99 Å². The number of benzene rings is 2. The molecular formula is C23H22N4O3S. The topological polar surface area (TPSA) is 75.5 Å². The molecule has 0 saturated carbocycles. The second kappa shape index (κ2) is 7.64. The van der Waals surface area contributed by atoms with Crippen molar-refractivity contribution in [2.75, 3.05) is 26.0 Å². The summed E-state index contributed by atoms with van der Waals surface area (Å²) in [6, 6.07) is 16.4. The van der Waals surface area contributed by atoms with E-state index in [-0.39, 0.29) is 11.6 Å². The zero-order chi connectivity index (χ0) is 22.3. The number of carbonyl (C=O) groups excluding carboxylic acids is 1. The van der Waals surface area contributed by atoms with Gasteiger partial charge in [-0.3, -0.25) is 4.79 Å². The molecule has 0 spiro atoms. The molecule has 31 heavy (non-hydrogen) atoms.